The Labute approximate surface area is 114 Å². The highest BCUT2D eigenvalue weighted by atomic mass is 15.3. The Balaban J connectivity index is 2.40. The van der Waals surface area contributed by atoms with Crippen LogP contribution in [-0.4, -0.2) is 62.7 Å². The first kappa shape index (κ1) is 15.9. The highest BCUT2D eigenvalue weighted by molar-refractivity contribution is 4.83. The maximum absolute atomic E-state index is 3.53. The van der Waals surface area contributed by atoms with Gasteiger partial charge in [0, 0.05) is 31.7 Å². The van der Waals surface area contributed by atoms with Crippen LogP contribution in [0.5, 0.6) is 0 Å². The lowest BCUT2D eigenvalue weighted by atomic mass is 9.92. The van der Waals surface area contributed by atoms with E-state index in [1.807, 2.05) is 0 Å². The molecule has 0 bridgehead atoms. The van der Waals surface area contributed by atoms with E-state index in [0.29, 0.717) is 6.04 Å². The summed E-state index contributed by atoms with van der Waals surface area (Å²) in [7, 11) is 6.64. The molecule has 1 heterocycles. The van der Waals surface area contributed by atoms with E-state index in [0.717, 1.165) is 12.0 Å². The van der Waals surface area contributed by atoms with E-state index in [4.69, 9.17) is 0 Å². The summed E-state index contributed by atoms with van der Waals surface area (Å²) in [6, 6.07) is 1.39. The molecule has 0 aromatic heterocycles. The van der Waals surface area contributed by atoms with Crippen LogP contribution in [0.3, 0.4) is 0 Å². The van der Waals surface area contributed by atoms with Crippen molar-refractivity contribution in [3.8, 4) is 0 Å². The standard InChI is InChI=1S/C15H33N3/c1-6-7-13(2)10-14(16-3)11-15-12-17(4)8-9-18(15)5/h13-16H,6-12H2,1-5H3. The summed E-state index contributed by atoms with van der Waals surface area (Å²) in [5.41, 5.74) is 0. The molecule has 1 aliphatic rings. The van der Waals surface area contributed by atoms with Crippen molar-refractivity contribution in [3.63, 3.8) is 0 Å². The number of nitrogens with zero attached hydrogens (tertiary/aromatic N) is 2. The van der Waals surface area contributed by atoms with Crippen LogP contribution in [0, 0.1) is 5.92 Å². The lowest BCUT2D eigenvalue weighted by molar-refractivity contribution is 0.0991. The van der Waals surface area contributed by atoms with Crippen LogP contribution in [0.4, 0.5) is 0 Å². The first-order valence-corrected chi connectivity index (χ1v) is 7.62. The van der Waals surface area contributed by atoms with E-state index in [2.05, 4.69) is 50.1 Å². The average Bonchev–Trinajstić information content (AvgIpc) is 2.33. The summed E-state index contributed by atoms with van der Waals surface area (Å²) in [6.07, 6.45) is 5.27. The molecule has 0 amide bonds. The van der Waals surface area contributed by atoms with Crippen LogP contribution in [0.15, 0.2) is 0 Å². The lowest BCUT2D eigenvalue weighted by Crippen LogP contribution is -2.52. The molecule has 0 saturated carbocycles. The van der Waals surface area contributed by atoms with Crippen molar-refractivity contribution in [2.24, 2.45) is 5.92 Å². The Morgan fingerprint density at radius 2 is 2.00 bits per heavy atom. The Hall–Kier alpha value is -0.120. The topological polar surface area (TPSA) is 18.5 Å². The second-order valence-electron chi connectivity index (χ2n) is 6.25. The van der Waals surface area contributed by atoms with Crippen LogP contribution in [0.2, 0.25) is 0 Å². The molecule has 3 heteroatoms. The van der Waals surface area contributed by atoms with E-state index < -0.39 is 0 Å². The molecule has 3 atom stereocenters. The van der Waals surface area contributed by atoms with Crippen molar-refractivity contribution < 1.29 is 0 Å². The molecule has 0 aromatic rings. The summed E-state index contributed by atoms with van der Waals surface area (Å²) in [5, 5.41) is 3.53. The van der Waals surface area contributed by atoms with Crippen molar-refractivity contribution in [3.05, 3.63) is 0 Å². The van der Waals surface area contributed by atoms with Gasteiger partial charge in [-0.1, -0.05) is 26.7 Å². The van der Waals surface area contributed by atoms with E-state index in [-0.39, 0.29) is 0 Å². The van der Waals surface area contributed by atoms with Gasteiger partial charge in [-0.2, -0.15) is 0 Å². The minimum Gasteiger partial charge on any atom is -0.317 e. The number of likely N-dealkylation sites (N-methyl/N-ethyl adjacent to an activating group) is 2. The predicted octanol–water partition coefficient (Wildman–Crippen LogP) is 2.04. The van der Waals surface area contributed by atoms with Gasteiger partial charge in [-0.15, -0.1) is 0 Å². The van der Waals surface area contributed by atoms with Crippen LogP contribution in [-0.2, 0) is 0 Å². The van der Waals surface area contributed by atoms with Gasteiger partial charge in [0.05, 0.1) is 0 Å². The van der Waals surface area contributed by atoms with E-state index in [1.54, 1.807) is 0 Å². The molecule has 18 heavy (non-hydrogen) atoms. The quantitative estimate of drug-likeness (QED) is 0.751. The average molecular weight is 255 g/mol. The van der Waals surface area contributed by atoms with Crippen molar-refractivity contribution >= 4 is 0 Å². The van der Waals surface area contributed by atoms with Gasteiger partial charge in [0.1, 0.15) is 0 Å². The first-order chi connectivity index (χ1) is 8.56. The third-order valence-electron chi connectivity index (χ3n) is 4.41. The molecule has 1 saturated heterocycles. The highest BCUT2D eigenvalue weighted by Crippen LogP contribution is 2.18. The second-order valence-corrected chi connectivity index (χ2v) is 6.25. The first-order valence-electron chi connectivity index (χ1n) is 7.62. The van der Waals surface area contributed by atoms with E-state index in [9.17, 15) is 0 Å². The molecule has 0 radical (unpaired) electrons. The Bertz CT molecular complexity index is 220. The third-order valence-corrected chi connectivity index (χ3v) is 4.41. The van der Waals surface area contributed by atoms with Gasteiger partial charge in [0.2, 0.25) is 0 Å². The molecule has 1 N–H and O–H groups in total. The Morgan fingerprint density at radius 3 is 2.61 bits per heavy atom. The minimum atomic E-state index is 0.672. The zero-order valence-electron chi connectivity index (χ0n) is 13.1. The molecule has 1 aliphatic heterocycles. The number of piperazine rings is 1. The summed E-state index contributed by atoms with van der Waals surface area (Å²) in [5.74, 6) is 0.846. The van der Waals surface area contributed by atoms with Gasteiger partial charge in [-0.25, -0.2) is 0 Å². The molecule has 108 valence electrons. The molecule has 1 rings (SSSR count). The molecular weight excluding hydrogens is 222 g/mol. The number of rotatable bonds is 7. The van der Waals surface area contributed by atoms with Crippen molar-refractivity contribution in [1.82, 2.24) is 15.1 Å². The van der Waals surface area contributed by atoms with Gasteiger partial charge in [-0.3, -0.25) is 0 Å². The van der Waals surface area contributed by atoms with Gasteiger partial charge < -0.3 is 15.1 Å². The lowest BCUT2D eigenvalue weighted by Gasteiger charge is -2.39. The molecule has 1 fully saturated rings. The fourth-order valence-electron chi connectivity index (χ4n) is 3.11. The molecule has 3 unspecified atom stereocenters. The molecular formula is C15H33N3. The number of hydrogen-bond donors (Lipinski definition) is 1. The fraction of sp³-hybridized carbons (Fsp3) is 1.00. The summed E-state index contributed by atoms with van der Waals surface area (Å²) in [4.78, 5) is 5.00. The number of nitrogens with one attached hydrogen (secondary N) is 1. The minimum absolute atomic E-state index is 0.672. The van der Waals surface area contributed by atoms with E-state index >= 15 is 0 Å². The Morgan fingerprint density at radius 1 is 1.28 bits per heavy atom. The zero-order valence-corrected chi connectivity index (χ0v) is 13.1. The molecule has 0 spiro atoms. The largest absolute Gasteiger partial charge is 0.317 e. The van der Waals surface area contributed by atoms with Gasteiger partial charge >= 0.3 is 0 Å². The Kier molecular flexibility index (Phi) is 7.20. The van der Waals surface area contributed by atoms with Crippen LogP contribution < -0.4 is 5.32 Å². The summed E-state index contributed by atoms with van der Waals surface area (Å²) < 4.78 is 0. The zero-order chi connectivity index (χ0) is 13.5. The third kappa shape index (κ3) is 5.25. The highest BCUT2D eigenvalue weighted by Gasteiger charge is 2.25. The van der Waals surface area contributed by atoms with E-state index in [1.165, 1.54) is 45.3 Å². The summed E-state index contributed by atoms with van der Waals surface area (Å²) >= 11 is 0. The normalized spacial score (nSPS) is 26.2. The predicted molar refractivity (Wildman–Crippen MR) is 80.1 cm³/mol. The second kappa shape index (κ2) is 8.13. The smallest absolute Gasteiger partial charge is 0.0235 e. The molecule has 3 nitrogen and oxygen atoms in total. The van der Waals surface area contributed by atoms with Crippen LogP contribution in [0.25, 0.3) is 0 Å². The van der Waals surface area contributed by atoms with Crippen molar-refractivity contribution in [2.45, 2.75) is 51.6 Å². The van der Waals surface area contributed by atoms with Crippen molar-refractivity contribution in [1.29, 1.82) is 0 Å². The van der Waals surface area contributed by atoms with Crippen LogP contribution >= 0.6 is 0 Å². The van der Waals surface area contributed by atoms with Gasteiger partial charge in [0.15, 0.2) is 0 Å². The SMILES string of the molecule is CCCC(C)CC(CC1CN(C)CCN1C)NC. The van der Waals surface area contributed by atoms with Gasteiger partial charge in [-0.05, 0) is 39.9 Å². The maximum atomic E-state index is 3.53. The fourth-order valence-corrected chi connectivity index (χ4v) is 3.11. The molecule has 0 aliphatic carbocycles. The van der Waals surface area contributed by atoms with Gasteiger partial charge in [0.25, 0.3) is 0 Å². The van der Waals surface area contributed by atoms with Crippen LogP contribution in [0.1, 0.15) is 39.5 Å². The number of hydrogen-bond acceptors (Lipinski definition) is 3. The maximum Gasteiger partial charge on any atom is 0.0235 e. The van der Waals surface area contributed by atoms with Crippen molar-refractivity contribution in [2.75, 3.05) is 40.8 Å². The monoisotopic (exact) mass is 255 g/mol. The molecule has 0 aromatic carbocycles. The summed E-state index contributed by atoms with van der Waals surface area (Å²) in [6.45, 7) is 8.32.